The molecule has 0 saturated heterocycles. The van der Waals surface area contributed by atoms with Crippen molar-refractivity contribution < 1.29 is 14.6 Å². The molecule has 0 saturated carbocycles. The average molecular weight is 405 g/mol. The van der Waals surface area contributed by atoms with Gasteiger partial charge in [0.15, 0.2) is 23.0 Å². The van der Waals surface area contributed by atoms with Crippen LogP contribution in [-0.2, 0) is 13.2 Å². The number of ether oxygens (including phenoxy) is 2. The highest BCUT2D eigenvalue weighted by molar-refractivity contribution is 5.85. The molecular weight excluding hydrogens is 382 g/mol. The van der Waals surface area contributed by atoms with Gasteiger partial charge in [0, 0.05) is 19.2 Å². The number of aliphatic hydroxyl groups excluding tert-OH is 1. The van der Waals surface area contributed by atoms with E-state index in [9.17, 15) is 5.11 Å². The Morgan fingerprint density at radius 3 is 2.40 bits per heavy atom. The smallest absolute Gasteiger partial charge is 0.183 e. The molecule has 4 aromatic rings. The molecule has 2 aromatic carbocycles. The van der Waals surface area contributed by atoms with Crippen LogP contribution in [0.25, 0.3) is 22.6 Å². The van der Waals surface area contributed by atoms with Crippen LogP contribution < -0.4 is 14.4 Å². The fourth-order valence-electron chi connectivity index (χ4n) is 3.34. The first-order chi connectivity index (χ1) is 14.6. The van der Waals surface area contributed by atoms with Crippen LogP contribution in [0.3, 0.4) is 0 Å². The van der Waals surface area contributed by atoms with E-state index >= 15 is 0 Å². The number of imidazole rings is 1. The maximum absolute atomic E-state index is 9.23. The zero-order chi connectivity index (χ0) is 21.1. The SMILES string of the molecule is COc1ccc(CN(C)c2ncnc3nc(-c4ccc(CO)cc4)[nH]c23)cc1OC. The van der Waals surface area contributed by atoms with Crippen molar-refractivity contribution in [2.45, 2.75) is 13.2 Å². The van der Waals surface area contributed by atoms with E-state index in [4.69, 9.17) is 9.47 Å². The molecule has 8 nitrogen and oxygen atoms in total. The van der Waals surface area contributed by atoms with Crippen LogP contribution in [0.5, 0.6) is 11.5 Å². The minimum Gasteiger partial charge on any atom is -0.493 e. The van der Waals surface area contributed by atoms with E-state index in [0.717, 1.165) is 28.0 Å². The van der Waals surface area contributed by atoms with E-state index in [1.807, 2.05) is 54.4 Å². The number of benzene rings is 2. The van der Waals surface area contributed by atoms with Crippen LogP contribution in [0, 0.1) is 0 Å². The Hall–Kier alpha value is -3.65. The highest BCUT2D eigenvalue weighted by Crippen LogP contribution is 2.30. The van der Waals surface area contributed by atoms with Gasteiger partial charge in [-0.15, -0.1) is 0 Å². The van der Waals surface area contributed by atoms with Gasteiger partial charge in [-0.25, -0.2) is 15.0 Å². The standard InChI is InChI=1S/C22H23N5O3/c1-27(11-15-6-9-17(29-2)18(10-15)30-3)22-19-21(23-13-24-22)26-20(25-19)16-7-4-14(12-28)5-8-16/h4-10,13,28H,11-12H2,1-3H3,(H,23,24,25,26). The molecule has 2 aromatic heterocycles. The quantitative estimate of drug-likeness (QED) is 0.487. The molecule has 2 N–H and O–H groups in total. The van der Waals surface area contributed by atoms with Gasteiger partial charge in [0.05, 0.1) is 20.8 Å². The van der Waals surface area contributed by atoms with Gasteiger partial charge < -0.3 is 24.5 Å². The molecule has 0 aliphatic heterocycles. The van der Waals surface area contributed by atoms with Crippen molar-refractivity contribution in [3.63, 3.8) is 0 Å². The van der Waals surface area contributed by atoms with Gasteiger partial charge >= 0.3 is 0 Å². The molecule has 0 unspecified atom stereocenters. The third-order valence-corrected chi connectivity index (χ3v) is 4.91. The predicted octanol–water partition coefficient (Wildman–Crippen LogP) is 3.17. The summed E-state index contributed by atoms with van der Waals surface area (Å²) in [5.74, 6) is 2.83. The van der Waals surface area contributed by atoms with Gasteiger partial charge in [0.2, 0.25) is 0 Å². The van der Waals surface area contributed by atoms with E-state index in [0.29, 0.717) is 29.5 Å². The van der Waals surface area contributed by atoms with E-state index in [-0.39, 0.29) is 6.61 Å². The van der Waals surface area contributed by atoms with Crippen molar-refractivity contribution >= 4 is 17.0 Å². The van der Waals surface area contributed by atoms with Crippen LogP contribution in [0.2, 0.25) is 0 Å². The number of H-pyrrole nitrogens is 1. The van der Waals surface area contributed by atoms with Crippen LogP contribution >= 0.6 is 0 Å². The Labute approximate surface area is 174 Å². The lowest BCUT2D eigenvalue weighted by Gasteiger charge is -2.19. The van der Waals surface area contributed by atoms with Crippen molar-refractivity contribution in [2.75, 3.05) is 26.2 Å². The summed E-state index contributed by atoms with van der Waals surface area (Å²) >= 11 is 0. The zero-order valence-electron chi connectivity index (χ0n) is 17.1. The summed E-state index contributed by atoms with van der Waals surface area (Å²) in [6.07, 6.45) is 1.52. The molecule has 4 rings (SSSR count). The molecule has 8 heteroatoms. The summed E-state index contributed by atoms with van der Waals surface area (Å²) in [4.78, 5) is 18.7. The Morgan fingerprint density at radius 2 is 1.70 bits per heavy atom. The molecule has 0 bridgehead atoms. The number of nitrogens with zero attached hydrogens (tertiary/aromatic N) is 4. The summed E-state index contributed by atoms with van der Waals surface area (Å²) in [5.41, 5.74) is 4.19. The first kappa shape index (κ1) is 19.7. The number of aromatic nitrogens is 4. The lowest BCUT2D eigenvalue weighted by Crippen LogP contribution is -2.18. The molecular formula is C22H23N5O3. The van der Waals surface area contributed by atoms with Crippen molar-refractivity contribution in [3.8, 4) is 22.9 Å². The lowest BCUT2D eigenvalue weighted by atomic mass is 10.1. The van der Waals surface area contributed by atoms with Crippen LogP contribution in [0.1, 0.15) is 11.1 Å². The number of aliphatic hydroxyl groups is 1. The number of fused-ring (bicyclic) bond motifs is 1. The van der Waals surface area contributed by atoms with Crippen LogP contribution in [-0.4, -0.2) is 46.3 Å². The minimum atomic E-state index is 0.0109. The number of methoxy groups -OCH3 is 2. The Balaban J connectivity index is 1.64. The summed E-state index contributed by atoms with van der Waals surface area (Å²) < 4.78 is 10.7. The number of hydrogen-bond donors (Lipinski definition) is 2. The van der Waals surface area contributed by atoms with Crippen molar-refractivity contribution in [3.05, 3.63) is 59.9 Å². The number of aromatic amines is 1. The van der Waals surface area contributed by atoms with E-state index < -0.39 is 0 Å². The van der Waals surface area contributed by atoms with Crippen LogP contribution in [0.4, 0.5) is 5.82 Å². The first-order valence-corrected chi connectivity index (χ1v) is 9.46. The second-order valence-corrected chi connectivity index (χ2v) is 6.88. The third kappa shape index (κ3) is 3.77. The largest absolute Gasteiger partial charge is 0.493 e. The van der Waals surface area contributed by atoms with Gasteiger partial charge in [-0.1, -0.05) is 30.3 Å². The maximum Gasteiger partial charge on any atom is 0.183 e. The van der Waals surface area contributed by atoms with Gasteiger partial charge in [0.25, 0.3) is 0 Å². The number of rotatable bonds is 7. The molecule has 0 fully saturated rings. The normalized spacial score (nSPS) is 10.9. The predicted molar refractivity (Wildman–Crippen MR) is 115 cm³/mol. The molecule has 0 spiro atoms. The Kier molecular flexibility index (Phi) is 5.49. The van der Waals surface area contributed by atoms with Crippen molar-refractivity contribution in [1.82, 2.24) is 19.9 Å². The molecule has 0 atom stereocenters. The molecule has 0 radical (unpaired) electrons. The zero-order valence-corrected chi connectivity index (χ0v) is 17.1. The third-order valence-electron chi connectivity index (χ3n) is 4.91. The summed E-state index contributed by atoms with van der Waals surface area (Å²) in [6, 6.07) is 13.4. The summed E-state index contributed by atoms with van der Waals surface area (Å²) in [7, 11) is 5.21. The van der Waals surface area contributed by atoms with Gasteiger partial charge in [-0.3, -0.25) is 0 Å². The van der Waals surface area contributed by atoms with Gasteiger partial charge in [0.1, 0.15) is 17.7 Å². The summed E-state index contributed by atoms with van der Waals surface area (Å²) in [6.45, 7) is 0.628. The minimum absolute atomic E-state index is 0.0109. The number of nitrogens with one attached hydrogen (secondary N) is 1. The topological polar surface area (TPSA) is 96.4 Å². The van der Waals surface area contributed by atoms with E-state index in [1.54, 1.807) is 14.2 Å². The fraction of sp³-hybridized carbons (Fsp3) is 0.227. The second kappa shape index (κ2) is 8.38. The number of hydrogen-bond acceptors (Lipinski definition) is 7. The molecule has 2 heterocycles. The van der Waals surface area contributed by atoms with E-state index in [1.165, 1.54) is 6.33 Å². The lowest BCUT2D eigenvalue weighted by molar-refractivity contribution is 0.282. The average Bonchev–Trinajstić information content (AvgIpc) is 3.23. The molecule has 154 valence electrons. The molecule has 0 aliphatic carbocycles. The number of anilines is 1. The van der Waals surface area contributed by atoms with Gasteiger partial charge in [-0.2, -0.15) is 0 Å². The van der Waals surface area contributed by atoms with Gasteiger partial charge in [-0.05, 0) is 23.3 Å². The Bertz CT molecular complexity index is 1160. The van der Waals surface area contributed by atoms with Crippen molar-refractivity contribution in [2.24, 2.45) is 0 Å². The second-order valence-electron chi connectivity index (χ2n) is 6.88. The highest BCUT2D eigenvalue weighted by atomic mass is 16.5. The summed E-state index contributed by atoms with van der Waals surface area (Å²) in [5, 5.41) is 9.23. The van der Waals surface area contributed by atoms with Crippen LogP contribution in [0.15, 0.2) is 48.8 Å². The molecule has 0 aliphatic rings. The first-order valence-electron chi connectivity index (χ1n) is 9.46. The monoisotopic (exact) mass is 405 g/mol. The Morgan fingerprint density at radius 1 is 0.967 bits per heavy atom. The maximum atomic E-state index is 9.23. The molecule has 30 heavy (non-hydrogen) atoms. The van der Waals surface area contributed by atoms with E-state index in [2.05, 4.69) is 19.9 Å². The highest BCUT2D eigenvalue weighted by Gasteiger charge is 2.15. The van der Waals surface area contributed by atoms with Crippen molar-refractivity contribution in [1.29, 1.82) is 0 Å². The fourth-order valence-corrected chi connectivity index (χ4v) is 3.34. The molecule has 0 amide bonds.